The molecule has 1 aromatic heterocycles. The fraction of sp³-hybridized carbons (Fsp3) is 0.200. The van der Waals surface area contributed by atoms with E-state index in [2.05, 4.69) is 21.6 Å². The number of hydrogen-bond acceptors (Lipinski definition) is 3. The predicted molar refractivity (Wildman–Crippen MR) is 47.9 cm³/mol. The quantitative estimate of drug-likeness (QED) is 0.434. The van der Waals surface area contributed by atoms with Gasteiger partial charge >= 0.3 is 5.97 Å². The van der Waals surface area contributed by atoms with Gasteiger partial charge in [-0.1, -0.05) is 6.07 Å². The molecule has 0 aliphatic heterocycles. The summed E-state index contributed by atoms with van der Waals surface area (Å²) in [5.74, 6) is 4.35. The second-order valence-corrected chi connectivity index (χ2v) is 2.41. The lowest BCUT2D eigenvalue weighted by Gasteiger charge is -1.91. The molecule has 3 nitrogen and oxygen atoms in total. The fourth-order valence-corrected chi connectivity index (χ4v) is 0.779. The van der Waals surface area contributed by atoms with Crippen molar-refractivity contribution in [2.24, 2.45) is 0 Å². The van der Waals surface area contributed by atoms with Gasteiger partial charge < -0.3 is 4.74 Å². The molecule has 0 N–H and O–H groups in total. The Morgan fingerprint density at radius 3 is 2.92 bits per heavy atom. The van der Waals surface area contributed by atoms with Crippen molar-refractivity contribution < 1.29 is 9.53 Å². The van der Waals surface area contributed by atoms with Gasteiger partial charge in [-0.25, -0.2) is 9.78 Å². The molecule has 0 aliphatic rings. The number of esters is 1. The van der Waals surface area contributed by atoms with Gasteiger partial charge in [0.1, 0.15) is 5.69 Å². The van der Waals surface area contributed by atoms with Crippen molar-refractivity contribution in [2.45, 2.75) is 6.92 Å². The Kier molecular flexibility index (Phi) is 3.04. The molecule has 0 unspecified atom stereocenters. The van der Waals surface area contributed by atoms with E-state index in [-0.39, 0.29) is 0 Å². The van der Waals surface area contributed by atoms with Crippen LogP contribution in [0, 0.1) is 18.8 Å². The molecule has 0 radical (unpaired) electrons. The van der Waals surface area contributed by atoms with Crippen LogP contribution >= 0.6 is 0 Å². The number of methoxy groups -OCH3 is 1. The summed E-state index contributed by atoms with van der Waals surface area (Å²) in [7, 11) is 1.29. The number of carbonyl (C=O) groups excluding carboxylic acids is 1. The molecule has 1 heterocycles. The van der Waals surface area contributed by atoms with Crippen LogP contribution in [0.25, 0.3) is 0 Å². The van der Waals surface area contributed by atoms with E-state index in [1.54, 1.807) is 6.07 Å². The molecule has 1 aromatic rings. The molecule has 1 rings (SSSR count). The molecule has 0 aliphatic carbocycles. The highest BCUT2D eigenvalue weighted by atomic mass is 16.5. The first kappa shape index (κ1) is 9.27. The van der Waals surface area contributed by atoms with E-state index in [9.17, 15) is 4.79 Å². The summed E-state index contributed by atoms with van der Waals surface area (Å²) in [6.07, 6.45) is 0. The summed E-state index contributed by atoms with van der Waals surface area (Å²) in [6, 6.07) is 5.44. The Balaban J connectivity index is 2.83. The van der Waals surface area contributed by atoms with Gasteiger partial charge in [0.2, 0.25) is 0 Å². The molecule has 0 amide bonds. The monoisotopic (exact) mass is 175 g/mol. The highest BCUT2D eigenvalue weighted by Crippen LogP contribution is 1.95. The average molecular weight is 175 g/mol. The highest BCUT2D eigenvalue weighted by Gasteiger charge is 1.91. The van der Waals surface area contributed by atoms with Crippen LogP contribution < -0.4 is 0 Å². The van der Waals surface area contributed by atoms with Gasteiger partial charge in [-0.3, -0.25) is 0 Å². The molecule has 0 aromatic carbocycles. The topological polar surface area (TPSA) is 39.2 Å². The largest absolute Gasteiger partial charge is 0.459 e. The molecule has 66 valence electrons. The number of ether oxygens (including phenoxy) is 1. The third-order valence-corrected chi connectivity index (χ3v) is 1.37. The van der Waals surface area contributed by atoms with Crippen LogP contribution in [0.15, 0.2) is 18.2 Å². The SMILES string of the molecule is COC(=O)C#Cc1cccc(C)n1. The van der Waals surface area contributed by atoms with E-state index in [1.807, 2.05) is 19.1 Å². The van der Waals surface area contributed by atoms with Gasteiger partial charge in [-0.05, 0) is 25.0 Å². The van der Waals surface area contributed by atoms with Gasteiger partial charge in [0, 0.05) is 11.6 Å². The molecule has 0 saturated heterocycles. The van der Waals surface area contributed by atoms with Crippen LogP contribution in [-0.2, 0) is 9.53 Å². The van der Waals surface area contributed by atoms with Crippen molar-refractivity contribution in [1.29, 1.82) is 0 Å². The Hall–Kier alpha value is -1.82. The Labute approximate surface area is 76.8 Å². The van der Waals surface area contributed by atoms with Gasteiger partial charge in [0.05, 0.1) is 7.11 Å². The highest BCUT2D eigenvalue weighted by molar-refractivity contribution is 5.88. The predicted octanol–water partition coefficient (Wildman–Crippen LogP) is 0.915. The number of carbonyl (C=O) groups is 1. The van der Waals surface area contributed by atoms with E-state index in [0.29, 0.717) is 5.69 Å². The molecule has 0 atom stereocenters. The zero-order valence-electron chi connectivity index (χ0n) is 7.50. The van der Waals surface area contributed by atoms with Crippen molar-refractivity contribution in [3.63, 3.8) is 0 Å². The summed E-state index contributed by atoms with van der Waals surface area (Å²) in [4.78, 5) is 14.7. The maximum atomic E-state index is 10.6. The molecule has 0 spiro atoms. The maximum Gasteiger partial charge on any atom is 0.384 e. The van der Waals surface area contributed by atoms with E-state index in [1.165, 1.54) is 7.11 Å². The van der Waals surface area contributed by atoms with E-state index in [0.717, 1.165) is 5.69 Å². The standard InChI is InChI=1S/C10H9NO2/c1-8-4-3-5-9(11-8)6-7-10(12)13-2/h3-5H,1-2H3. The minimum atomic E-state index is -0.552. The number of rotatable bonds is 0. The second kappa shape index (κ2) is 4.27. The van der Waals surface area contributed by atoms with Gasteiger partial charge in [0.25, 0.3) is 0 Å². The van der Waals surface area contributed by atoms with Crippen molar-refractivity contribution >= 4 is 5.97 Å². The van der Waals surface area contributed by atoms with Crippen molar-refractivity contribution in [2.75, 3.05) is 7.11 Å². The molecule has 3 heteroatoms. The van der Waals surface area contributed by atoms with Crippen LogP contribution in [0.2, 0.25) is 0 Å². The maximum absolute atomic E-state index is 10.6. The molecule has 0 saturated carbocycles. The zero-order chi connectivity index (χ0) is 9.68. The molecule has 0 bridgehead atoms. The average Bonchev–Trinajstić information content (AvgIpc) is 2.14. The van der Waals surface area contributed by atoms with E-state index < -0.39 is 5.97 Å². The van der Waals surface area contributed by atoms with Crippen LogP contribution in [0.1, 0.15) is 11.4 Å². The number of nitrogens with zero attached hydrogens (tertiary/aromatic N) is 1. The van der Waals surface area contributed by atoms with E-state index in [4.69, 9.17) is 0 Å². The number of pyridine rings is 1. The molecular weight excluding hydrogens is 166 g/mol. The minimum Gasteiger partial charge on any atom is -0.459 e. The van der Waals surface area contributed by atoms with Gasteiger partial charge in [0.15, 0.2) is 0 Å². The lowest BCUT2D eigenvalue weighted by Crippen LogP contribution is -1.95. The van der Waals surface area contributed by atoms with Gasteiger partial charge in [-0.2, -0.15) is 0 Å². The van der Waals surface area contributed by atoms with Crippen LogP contribution in [0.5, 0.6) is 0 Å². The third-order valence-electron chi connectivity index (χ3n) is 1.37. The molecule has 13 heavy (non-hydrogen) atoms. The van der Waals surface area contributed by atoms with Crippen molar-refractivity contribution in [3.8, 4) is 11.8 Å². The number of hydrogen-bond donors (Lipinski definition) is 0. The van der Waals surface area contributed by atoms with Crippen LogP contribution in [-0.4, -0.2) is 18.1 Å². The Bertz CT molecular complexity index is 374. The van der Waals surface area contributed by atoms with Crippen LogP contribution in [0.3, 0.4) is 0 Å². The first-order valence-electron chi connectivity index (χ1n) is 3.76. The summed E-state index contributed by atoms with van der Waals surface area (Å²) in [5.41, 5.74) is 1.45. The summed E-state index contributed by atoms with van der Waals surface area (Å²) < 4.78 is 4.36. The molecule has 0 fully saturated rings. The summed E-state index contributed by atoms with van der Waals surface area (Å²) in [6.45, 7) is 1.86. The number of aryl methyl sites for hydroxylation is 1. The van der Waals surface area contributed by atoms with Crippen molar-refractivity contribution in [3.05, 3.63) is 29.6 Å². The smallest absolute Gasteiger partial charge is 0.384 e. The normalized spacial score (nSPS) is 8.46. The zero-order valence-corrected chi connectivity index (χ0v) is 7.50. The first-order valence-corrected chi connectivity index (χ1v) is 3.76. The second-order valence-electron chi connectivity index (χ2n) is 2.41. The lowest BCUT2D eigenvalue weighted by atomic mass is 10.3. The minimum absolute atomic E-state index is 0.552. The van der Waals surface area contributed by atoms with Crippen LogP contribution in [0.4, 0.5) is 0 Å². The van der Waals surface area contributed by atoms with Crippen molar-refractivity contribution in [1.82, 2.24) is 4.98 Å². The summed E-state index contributed by atoms with van der Waals surface area (Å²) in [5, 5.41) is 0. The van der Waals surface area contributed by atoms with E-state index >= 15 is 0 Å². The fourth-order valence-electron chi connectivity index (χ4n) is 0.779. The summed E-state index contributed by atoms with van der Waals surface area (Å²) >= 11 is 0. The third kappa shape index (κ3) is 2.96. The lowest BCUT2D eigenvalue weighted by molar-refractivity contribution is -0.133. The number of aromatic nitrogens is 1. The molecular formula is C10H9NO2. The Morgan fingerprint density at radius 1 is 1.54 bits per heavy atom. The first-order chi connectivity index (χ1) is 6.22. The Morgan fingerprint density at radius 2 is 2.31 bits per heavy atom. The van der Waals surface area contributed by atoms with Gasteiger partial charge in [-0.15, -0.1) is 0 Å².